The highest BCUT2D eigenvalue weighted by atomic mass is 16.5. The van der Waals surface area contributed by atoms with Crippen LogP contribution in [0.3, 0.4) is 0 Å². The summed E-state index contributed by atoms with van der Waals surface area (Å²) in [5.41, 5.74) is 0.282. The van der Waals surface area contributed by atoms with E-state index < -0.39 is 11.9 Å². The fourth-order valence-corrected chi connectivity index (χ4v) is 2.42. The quantitative estimate of drug-likeness (QED) is 0.377. The van der Waals surface area contributed by atoms with E-state index in [2.05, 4.69) is 14.7 Å². The van der Waals surface area contributed by atoms with E-state index in [9.17, 15) is 14.8 Å². The standard InChI is InChI=1S/C18H15N3O6/c1-25-12-5-6-13-15(8-12)21(24)16(18(23)26-2)14(20-13)10-27-17(22)11-4-3-7-19-9-11/h3-9H,10H2,1-2H3. The topological polar surface area (TPSA) is 115 Å². The molecule has 9 heteroatoms. The molecule has 0 aliphatic heterocycles. The molecule has 1 aromatic carbocycles. The van der Waals surface area contributed by atoms with Gasteiger partial charge in [-0.1, -0.05) is 0 Å². The Kier molecular flexibility index (Phi) is 5.11. The number of fused-ring (bicyclic) bond motifs is 1. The lowest BCUT2D eigenvalue weighted by Crippen LogP contribution is -2.38. The average Bonchev–Trinajstić information content (AvgIpc) is 2.72. The minimum Gasteiger partial charge on any atom is -0.618 e. The number of carbonyl (C=O) groups is 2. The highest BCUT2D eigenvalue weighted by molar-refractivity contribution is 5.90. The number of hydrogen-bond acceptors (Lipinski definition) is 8. The predicted octanol–water partition coefficient (Wildman–Crippen LogP) is 1.42. The SMILES string of the molecule is COC(=O)c1c(COC(=O)c2cccnc2)nc2ccc(OC)cc2[n+]1[O-]. The molecular weight excluding hydrogens is 354 g/mol. The van der Waals surface area contributed by atoms with E-state index in [1.165, 1.54) is 31.6 Å². The van der Waals surface area contributed by atoms with E-state index in [-0.39, 0.29) is 29.1 Å². The van der Waals surface area contributed by atoms with Crippen molar-refractivity contribution >= 4 is 23.0 Å². The first-order valence-electron chi connectivity index (χ1n) is 7.80. The third kappa shape index (κ3) is 3.61. The number of hydrogen-bond donors (Lipinski definition) is 0. The van der Waals surface area contributed by atoms with Crippen LogP contribution in [-0.4, -0.2) is 36.1 Å². The molecule has 0 saturated heterocycles. The molecule has 0 saturated carbocycles. The summed E-state index contributed by atoms with van der Waals surface area (Å²) in [6, 6.07) is 7.76. The van der Waals surface area contributed by atoms with Gasteiger partial charge in [0.2, 0.25) is 5.52 Å². The summed E-state index contributed by atoms with van der Waals surface area (Å²) in [6.07, 6.45) is 2.86. The van der Waals surface area contributed by atoms with Gasteiger partial charge in [0.15, 0.2) is 5.69 Å². The first kappa shape index (κ1) is 18.1. The molecule has 2 heterocycles. The number of rotatable bonds is 5. The van der Waals surface area contributed by atoms with Gasteiger partial charge >= 0.3 is 17.6 Å². The number of methoxy groups -OCH3 is 2. The Morgan fingerprint density at radius 3 is 2.67 bits per heavy atom. The lowest BCUT2D eigenvalue weighted by molar-refractivity contribution is -0.581. The molecule has 138 valence electrons. The summed E-state index contributed by atoms with van der Waals surface area (Å²) >= 11 is 0. The van der Waals surface area contributed by atoms with E-state index in [1.54, 1.807) is 18.2 Å². The lowest BCUT2D eigenvalue weighted by Gasteiger charge is -2.11. The minimum atomic E-state index is -0.894. The van der Waals surface area contributed by atoms with Gasteiger partial charge in [0, 0.05) is 12.4 Å². The van der Waals surface area contributed by atoms with E-state index >= 15 is 0 Å². The highest BCUT2D eigenvalue weighted by Gasteiger charge is 2.28. The fraction of sp³-hybridized carbons (Fsp3) is 0.167. The van der Waals surface area contributed by atoms with Crippen molar-refractivity contribution in [3.8, 4) is 5.75 Å². The van der Waals surface area contributed by atoms with Gasteiger partial charge in [-0.2, -0.15) is 4.73 Å². The van der Waals surface area contributed by atoms with Crippen molar-refractivity contribution in [3.63, 3.8) is 0 Å². The Hall–Kier alpha value is -3.75. The van der Waals surface area contributed by atoms with Crippen molar-refractivity contribution in [1.29, 1.82) is 0 Å². The van der Waals surface area contributed by atoms with Crippen LogP contribution < -0.4 is 9.47 Å². The zero-order valence-corrected chi connectivity index (χ0v) is 14.5. The number of esters is 2. The summed E-state index contributed by atoms with van der Waals surface area (Å²) in [7, 11) is 2.60. The molecule has 0 aliphatic rings. The molecule has 0 spiro atoms. The molecule has 0 atom stereocenters. The molecule has 3 aromatic rings. The molecule has 0 unspecified atom stereocenters. The third-order valence-corrected chi connectivity index (χ3v) is 3.75. The lowest BCUT2D eigenvalue weighted by atomic mass is 10.2. The van der Waals surface area contributed by atoms with Crippen LogP contribution in [0, 0.1) is 5.21 Å². The summed E-state index contributed by atoms with van der Waals surface area (Å²) in [4.78, 5) is 32.3. The zero-order valence-electron chi connectivity index (χ0n) is 14.5. The molecule has 2 aromatic heterocycles. The second-order valence-corrected chi connectivity index (χ2v) is 5.37. The molecule has 9 nitrogen and oxygen atoms in total. The van der Waals surface area contributed by atoms with Crippen LogP contribution in [0.4, 0.5) is 0 Å². The van der Waals surface area contributed by atoms with Crippen LogP contribution in [0.1, 0.15) is 26.5 Å². The Balaban J connectivity index is 2.00. The molecular formula is C18H15N3O6. The van der Waals surface area contributed by atoms with E-state index in [4.69, 9.17) is 9.47 Å². The van der Waals surface area contributed by atoms with E-state index in [0.29, 0.717) is 16.0 Å². The van der Waals surface area contributed by atoms with Crippen LogP contribution >= 0.6 is 0 Å². The van der Waals surface area contributed by atoms with Crippen LogP contribution in [0.2, 0.25) is 0 Å². The van der Waals surface area contributed by atoms with Gasteiger partial charge in [-0.05, 0) is 24.3 Å². The van der Waals surface area contributed by atoms with Crippen LogP contribution in [0.15, 0.2) is 42.7 Å². The van der Waals surface area contributed by atoms with Gasteiger partial charge in [-0.3, -0.25) is 4.98 Å². The normalized spacial score (nSPS) is 10.4. The maximum absolute atomic E-state index is 12.7. The average molecular weight is 369 g/mol. The van der Waals surface area contributed by atoms with Crippen molar-refractivity contribution in [3.05, 3.63) is 64.9 Å². The molecule has 3 rings (SSSR count). The monoisotopic (exact) mass is 369 g/mol. The zero-order chi connectivity index (χ0) is 19.4. The molecule has 0 bridgehead atoms. The van der Waals surface area contributed by atoms with Gasteiger partial charge in [0.05, 0.1) is 25.8 Å². The number of benzene rings is 1. The number of aromatic nitrogens is 3. The van der Waals surface area contributed by atoms with Gasteiger partial charge in [-0.25, -0.2) is 14.6 Å². The smallest absolute Gasteiger partial charge is 0.406 e. The third-order valence-electron chi connectivity index (χ3n) is 3.75. The van der Waals surface area contributed by atoms with Crippen molar-refractivity contribution in [2.75, 3.05) is 14.2 Å². The maximum Gasteiger partial charge on any atom is 0.406 e. The van der Waals surface area contributed by atoms with Crippen molar-refractivity contribution in [2.24, 2.45) is 0 Å². The van der Waals surface area contributed by atoms with Gasteiger partial charge in [-0.15, -0.1) is 0 Å². The Morgan fingerprint density at radius 1 is 1.19 bits per heavy atom. The Bertz CT molecular complexity index is 1010. The Labute approximate surface area is 153 Å². The van der Waals surface area contributed by atoms with Crippen molar-refractivity contribution < 1.29 is 28.5 Å². The van der Waals surface area contributed by atoms with E-state index in [0.717, 1.165) is 7.11 Å². The summed E-state index contributed by atoms with van der Waals surface area (Å²) in [5.74, 6) is -1.12. The highest BCUT2D eigenvalue weighted by Crippen LogP contribution is 2.19. The predicted molar refractivity (Wildman–Crippen MR) is 92.0 cm³/mol. The van der Waals surface area contributed by atoms with Crippen LogP contribution in [-0.2, 0) is 16.1 Å². The molecule has 0 aliphatic carbocycles. The molecule has 0 radical (unpaired) electrons. The van der Waals surface area contributed by atoms with Crippen LogP contribution in [0.5, 0.6) is 5.75 Å². The first-order chi connectivity index (χ1) is 13.0. The van der Waals surface area contributed by atoms with Crippen LogP contribution in [0.25, 0.3) is 11.0 Å². The largest absolute Gasteiger partial charge is 0.618 e. The van der Waals surface area contributed by atoms with Crippen molar-refractivity contribution in [2.45, 2.75) is 6.61 Å². The maximum atomic E-state index is 12.7. The summed E-state index contributed by atoms with van der Waals surface area (Å²) in [5, 5.41) is 12.7. The number of carbonyl (C=O) groups excluding carboxylic acids is 2. The molecule has 27 heavy (non-hydrogen) atoms. The summed E-state index contributed by atoms with van der Waals surface area (Å²) in [6.45, 7) is -0.387. The molecule has 0 N–H and O–H groups in total. The second-order valence-electron chi connectivity index (χ2n) is 5.37. The van der Waals surface area contributed by atoms with E-state index in [1.807, 2.05) is 0 Å². The Morgan fingerprint density at radius 2 is 2.00 bits per heavy atom. The first-order valence-corrected chi connectivity index (χ1v) is 7.80. The molecule has 0 fully saturated rings. The summed E-state index contributed by atoms with van der Waals surface area (Å²) < 4.78 is 15.3. The molecule has 0 amide bonds. The minimum absolute atomic E-state index is 0.0215. The van der Waals surface area contributed by atoms with Crippen molar-refractivity contribution in [1.82, 2.24) is 9.97 Å². The number of pyridine rings is 1. The van der Waals surface area contributed by atoms with Gasteiger partial charge in [0.1, 0.15) is 17.9 Å². The fourth-order valence-electron chi connectivity index (χ4n) is 2.42. The number of nitrogens with zero attached hydrogens (tertiary/aromatic N) is 3. The van der Waals surface area contributed by atoms with Gasteiger partial charge < -0.3 is 19.4 Å². The second kappa shape index (κ2) is 7.65. The number of ether oxygens (including phenoxy) is 3. The van der Waals surface area contributed by atoms with Gasteiger partial charge in [0.25, 0.3) is 0 Å².